The minimum Gasteiger partial charge on any atom is -0.373 e. The Kier molecular flexibility index (Phi) is 5.74. The van der Waals surface area contributed by atoms with Gasteiger partial charge in [0.25, 0.3) is 0 Å². The van der Waals surface area contributed by atoms with E-state index in [0.29, 0.717) is 6.10 Å². The van der Waals surface area contributed by atoms with E-state index in [1.807, 2.05) is 11.8 Å². The number of hydrogen-bond donors (Lipinski definition) is 0. The van der Waals surface area contributed by atoms with Crippen molar-refractivity contribution in [2.24, 2.45) is 0 Å². The van der Waals surface area contributed by atoms with Gasteiger partial charge >= 0.3 is 0 Å². The summed E-state index contributed by atoms with van der Waals surface area (Å²) in [6.07, 6.45) is 4.62. The summed E-state index contributed by atoms with van der Waals surface area (Å²) in [6, 6.07) is 6.79. The van der Waals surface area contributed by atoms with Crippen molar-refractivity contribution in [2.45, 2.75) is 25.9 Å². The highest BCUT2D eigenvalue weighted by molar-refractivity contribution is 7.98. The van der Waals surface area contributed by atoms with E-state index in [4.69, 9.17) is 4.74 Å². The van der Waals surface area contributed by atoms with Crippen LogP contribution in [0.1, 0.15) is 29.2 Å². The number of aryl methyl sites for hydroxylation is 1. The Morgan fingerprint density at radius 1 is 1.37 bits per heavy atom. The maximum Gasteiger partial charge on any atom is 0.0839 e. The first-order valence-corrected chi connectivity index (χ1v) is 8.48. The maximum absolute atomic E-state index is 5.97. The molecule has 1 aromatic carbocycles. The summed E-state index contributed by atoms with van der Waals surface area (Å²) in [5.74, 6) is 1.21. The first-order chi connectivity index (χ1) is 9.20. The molecule has 0 saturated carbocycles. The van der Waals surface area contributed by atoms with E-state index in [0.717, 1.165) is 32.5 Å². The highest BCUT2D eigenvalue weighted by atomic mass is 32.2. The molecule has 0 saturated heterocycles. The first-order valence-electron chi connectivity index (χ1n) is 7.09. The molecule has 2 nitrogen and oxygen atoms in total. The SMILES string of the molecule is CSCCN(C)CCC1OCCc2cc(C)ccc21. The second-order valence-corrected chi connectivity index (χ2v) is 6.38. The number of nitrogens with zero attached hydrogens (tertiary/aromatic N) is 1. The van der Waals surface area contributed by atoms with Crippen LogP contribution in [0.5, 0.6) is 0 Å². The minimum atomic E-state index is 0.293. The van der Waals surface area contributed by atoms with Crippen LogP contribution in [0.15, 0.2) is 18.2 Å². The third-order valence-corrected chi connectivity index (χ3v) is 4.38. The molecule has 106 valence electrons. The molecule has 1 aromatic rings. The number of thioether (sulfide) groups is 1. The molecule has 0 amide bonds. The van der Waals surface area contributed by atoms with Crippen LogP contribution in [-0.4, -0.2) is 43.7 Å². The van der Waals surface area contributed by atoms with Gasteiger partial charge in [-0.25, -0.2) is 0 Å². The first kappa shape index (κ1) is 14.9. The van der Waals surface area contributed by atoms with Gasteiger partial charge in [0.2, 0.25) is 0 Å². The molecular weight excluding hydrogens is 254 g/mol. The summed E-state index contributed by atoms with van der Waals surface area (Å²) < 4.78 is 5.97. The van der Waals surface area contributed by atoms with Gasteiger partial charge in [-0.1, -0.05) is 23.8 Å². The van der Waals surface area contributed by atoms with E-state index in [2.05, 4.69) is 43.3 Å². The highest BCUT2D eigenvalue weighted by Gasteiger charge is 2.20. The van der Waals surface area contributed by atoms with Crippen molar-refractivity contribution in [2.75, 3.05) is 38.8 Å². The zero-order valence-electron chi connectivity index (χ0n) is 12.3. The fraction of sp³-hybridized carbons (Fsp3) is 0.625. The predicted octanol–water partition coefficient (Wildman–Crippen LogP) is 3.29. The van der Waals surface area contributed by atoms with Gasteiger partial charge in [-0.15, -0.1) is 0 Å². The molecule has 19 heavy (non-hydrogen) atoms. The van der Waals surface area contributed by atoms with Gasteiger partial charge in [0.15, 0.2) is 0 Å². The lowest BCUT2D eigenvalue weighted by atomic mass is 9.94. The maximum atomic E-state index is 5.97. The molecule has 0 bridgehead atoms. The van der Waals surface area contributed by atoms with Gasteiger partial charge in [0, 0.05) is 18.8 Å². The van der Waals surface area contributed by atoms with Crippen LogP contribution >= 0.6 is 11.8 Å². The van der Waals surface area contributed by atoms with Crippen molar-refractivity contribution in [3.05, 3.63) is 34.9 Å². The standard InChI is InChI=1S/C16H25NOS/c1-13-4-5-15-14(12-13)7-10-18-16(15)6-8-17(2)9-11-19-3/h4-5,12,16H,6-11H2,1-3H3. The lowest BCUT2D eigenvalue weighted by Gasteiger charge is -2.28. The third kappa shape index (κ3) is 4.23. The number of rotatable bonds is 6. The van der Waals surface area contributed by atoms with E-state index >= 15 is 0 Å². The van der Waals surface area contributed by atoms with Gasteiger partial charge in [0.1, 0.15) is 0 Å². The average molecular weight is 279 g/mol. The summed E-state index contributed by atoms with van der Waals surface area (Å²) in [6.45, 7) is 5.31. The van der Waals surface area contributed by atoms with Gasteiger partial charge in [0.05, 0.1) is 12.7 Å². The molecular formula is C16H25NOS. The van der Waals surface area contributed by atoms with Crippen molar-refractivity contribution in [1.29, 1.82) is 0 Å². The number of fused-ring (bicyclic) bond motifs is 1. The number of ether oxygens (including phenoxy) is 1. The Morgan fingerprint density at radius 2 is 2.21 bits per heavy atom. The smallest absolute Gasteiger partial charge is 0.0839 e. The molecule has 0 aromatic heterocycles. The van der Waals surface area contributed by atoms with Crippen LogP contribution in [0.3, 0.4) is 0 Å². The second-order valence-electron chi connectivity index (χ2n) is 5.40. The molecule has 1 aliphatic rings. The molecule has 0 fully saturated rings. The fourth-order valence-corrected chi connectivity index (χ4v) is 3.10. The molecule has 0 spiro atoms. The summed E-state index contributed by atoms with van der Waals surface area (Å²) in [7, 11) is 2.20. The molecule has 1 heterocycles. The Bertz CT molecular complexity index is 408. The Balaban J connectivity index is 1.92. The molecule has 1 atom stereocenters. The Morgan fingerprint density at radius 3 is 3.00 bits per heavy atom. The van der Waals surface area contributed by atoms with Crippen molar-refractivity contribution in [1.82, 2.24) is 4.90 Å². The monoisotopic (exact) mass is 279 g/mol. The summed E-state index contributed by atoms with van der Waals surface area (Å²) in [5.41, 5.74) is 4.26. The number of hydrogen-bond acceptors (Lipinski definition) is 3. The van der Waals surface area contributed by atoms with Gasteiger partial charge in [-0.3, -0.25) is 0 Å². The lowest BCUT2D eigenvalue weighted by molar-refractivity contribution is 0.0312. The largest absolute Gasteiger partial charge is 0.373 e. The normalized spacial score (nSPS) is 18.6. The summed E-state index contributed by atoms with van der Waals surface area (Å²) in [4.78, 5) is 2.41. The highest BCUT2D eigenvalue weighted by Crippen LogP contribution is 2.30. The number of benzene rings is 1. The fourth-order valence-electron chi connectivity index (χ4n) is 2.60. The molecule has 1 unspecified atom stereocenters. The Hall–Kier alpha value is -0.510. The lowest BCUT2D eigenvalue weighted by Crippen LogP contribution is -2.26. The van der Waals surface area contributed by atoms with Crippen LogP contribution in [0, 0.1) is 6.92 Å². The van der Waals surface area contributed by atoms with Crippen molar-refractivity contribution >= 4 is 11.8 Å². The van der Waals surface area contributed by atoms with Crippen LogP contribution in [0.4, 0.5) is 0 Å². The van der Waals surface area contributed by atoms with Gasteiger partial charge in [-0.2, -0.15) is 11.8 Å². The summed E-state index contributed by atoms with van der Waals surface area (Å²) in [5, 5.41) is 0. The second kappa shape index (κ2) is 7.32. The van der Waals surface area contributed by atoms with Crippen molar-refractivity contribution in [3.63, 3.8) is 0 Å². The predicted molar refractivity (Wildman–Crippen MR) is 84.1 cm³/mol. The van der Waals surface area contributed by atoms with E-state index in [-0.39, 0.29) is 0 Å². The molecule has 0 N–H and O–H groups in total. The van der Waals surface area contributed by atoms with Crippen molar-refractivity contribution < 1.29 is 4.74 Å². The van der Waals surface area contributed by atoms with Gasteiger partial charge in [-0.05, 0) is 44.2 Å². The molecule has 0 aliphatic carbocycles. The average Bonchev–Trinajstić information content (AvgIpc) is 2.42. The quantitative estimate of drug-likeness (QED) is 0.793. The van der Waals surface area contributed by atoms with Crippen LogP contribution in [0.2, 0.25) is 0 Å². The van der Waals surface area contributed by atoms with Crippen LogP contribution in [0.25, 0.3) is 0 Å². The van der Waals surface area contributed by atoms with Crippen LogP contribution in [-0.2, 0) is 11.2 Å². The molecule has 1 aliphatic heterocycles. The topological polar surface area (TPSA) is 12.5 Å². The zero-order chi connectivity index (χ0) is 13.7. The van der Waals surface area contributed by atoms with Crippen LogP contribution < -0.4 is 0 Å². The molecule has 0 radical (unpaired) electrons. The molecule has 3 heteroatoms. The minimum absolute atomic E-state index is 0.293. The summed E-state index contributed by atoms with van der Waals surface area (Å²) >= 11 is 1.91. The van der Waals surface area contributed by atoms with Gasteiger partial charge < -0.3 is 9.64 Å². The van der Waals surface area contributed by atoms with Crippen molar-refractivity contribution in [3.8, 4) is 0 Å². The zero-order valence-corrected chi connectivity index (χ0v) is 13.1. The van der Waals surface area contributed by atoms with E-state index in [1.165, 1.54) is 22.4 Å². The van der Waals surface area contributed by atoms with E-state index in [1.54, 1.807) is 0 Å². The third-order valence-electron chi connectivity index (χ3n) is 3.79. The molecule has 2 rings (SSSR count). The van der Waals surface area contributed by atoms with E-state index < -0.39 is 0 Å². The van der Waals surface area contributed by atoms with E-state index in [9.17, 15) is 0 Å². The Labute approximate surface area is 121 Å².